The van der Waals surface area contributed by atoms with E-state index >= 15 is 0 Å². The maximum absolute atomic E-state index is 13.5. The van der Waals surface area contributed by atoms with Crippen LogP contribution in [0.5, 0.6) is 0 Å². The Hall–Kier alpha value is -3.27. The molecule has 6 nitrogen and oxygen atoms in total. The van der Waals surface area contributed by atoms with Crippen molar-refractivity contribution in [2.24, 2.45) is 17.1 Å². The summed E-state index contributed by atoms with van der Waals surface area (Å²) in [4.78, 5) is 19.0. The van der Waals surface area contributed by atoms with Gasteiger partial charge in [-0.2, -0.15) is 5.10 Å². The highest BCUT2D eigenvalue weighted by atomic mass is 79.9. The molecule has 0 spiro atoms. The van der Waals surface area contributed by atoms with Crippen LogP contribution in [0.15, 0.2) is 108 Å². The number of para-hydroxylation sites is 1. The van der Waals surface area contributed by atoms with Crippen molar-refractivity contribution in [3.63, 3.8) is 0 Å². The van der Waals surface area contributed by atoms with Crippen molar-refractivity contribution in [1.82, 2.24) is 14.0 Å². The largest absolute Gasteiger partial charge is 0.297 e. The summed E-state index contributed by atoms with van der Waals surface area (Å²) in [6, 6.07) is 25.6. The molecule has 0 aliphatic rings. The molecule has 5 rings (SSSR count). The van der Waals surface area contributed by atoms with Crippen LogP contribution in [-0.4, -0.2) is 19.8 Å². The summed E-state index contributed by atoms with van der Waals surface area (Å²) < 4.78 is 7.25. The second kappa shape index (κ2) is 10.6. The van der Waals surface area contributed by atoms with E-state index < -0.39 is 0 Å². The molecule has 0 fully saturated rings. The summed E-state index contributed by atoms with van der Waals surface area (Å²) in [6.07, 6.45) is 0. The first-order valence-corrected chi connectivity index (χ1v) is 14.0. The molecule has 0 saturated carbocycles. The van der Waals surface area contributed by atoms with Gasteiger partial charge in [0, 0.05) is 26.9 Å². The van der Waals surface area contributed by atoms with Crippen molar-refractivity contribution in [3.8, 4) is 16.9 Å². The van der Waals surface area contributed by atoms with E-state index in [0.717, 1.165) is 42.9 Å². The SMILES string of the molecule is CC(=Nn1c(-c2ccccc2Br)csc1=Nc1c(C)n(C)n(-c2ccccc2)c1=O)c1ccc(Br)cc1. The van der Waals surface area contributed by atoms with E-state index in [9.17, 15) is 4.79 Å². The van der Waals surface area contributed by atoms with E-state index in [1.165, 1.54) is 11.3 Å². The molecule has 37 heavy (non-hydrogen) atoms. The van der Waals surface area contributed by atoms with Gasteiger partial charge in [0.05, 0.1) is 22.8 Å². The molecular weight excluding hydrogens is 614 g/mol. The van der Waals surface area contributed by atoms with E-state index in [4.69, 9.17) is 10.1 Å². The smallest absolute Gasteiger partial charge is 0.283 e. The third kappa shape index (κ3) is 4.99. The Labute approximate surface area is 235 Å². The van der Waals surface area contributed by atoms with Gasteiger partial charge >= 0.3 is 0 Å². The summed E-state index contributed by atoms with van der Waals surface area (Å²) in [5, 5.41) is 7.00. The highest BCUT2D eigenvalue weighted by Gasteiger charge is 2.17. The number of hydrogen-bond acceptors (Lipinski definition) is 4. The van der Waals surface area contributed by atoms with Crippen LogP contribution in [0.3, 0.4) is 0 Å². The van der Waals surface area contributed by atoms with Gasteiger partial charge in [-0.05, 0) is 49.7 Å². The minimum atomic E-state index is -0.179. The van der Waals surface area contributed by atoms with Crippen LogP contribution in [0.4, 0.5) is 5.69 Å². The van der Waals surface area contributed by atoms with E-state index in [2.05, 4.69) is 31.9 Å². The lowest BCUT2D eigenvalue weighted by Gasteiger charge is -2.08. The molecule has 0 saturated heterocycles. The molecule has 2 aromatic heterocycles. The van der Waals surface area contributed by atoms with Gasteiger partial charge in [0.15, 0.2) is 5.69 Å². The van der Waals surface area contributed by atoms with Crippen molar-refractivity contribution < 1.29 is 0 Å². The van der Waals surface area contributed by atoms with Crippen LogP contribution in [0.25, 0.3) is 16.9 Å². The molecule has 3 aromatic carbocycles. The van der Waals surface area contributed by atoms with Gasteiger partial charge < -0.3 is 0 Å². The molecule has 0 atom stereocenters. The molecule has 0 N–H and O–H groups in total. The first-order valence-electron chi connectivity index (χ1n) is 11.5. The fourth-order valence-electron chi connectivity index (χ4n) is 4.01. The predicted molar refractivity (Wildman–Crippen MR) is 158 cm³/mol. The molecule has 9 heteroatoms. The van der Waals surface area contributed by atoms with Gasteiger partial charge in [-0.1, -0.05) is 80.4 Å². The number of nitrogens with zero attached hydrogens (tertiary/aromatic N) is 5. The molecule has 5 aromatic rings. The van der Waals surface area contributed by atoms with Crippen molar-refractivity contribution in [2.75, 3.05) is 0 Å². The Morgan fingerprint density at radius 1 is 0.919 bits per heavy atom. The Balaban J connectivity index is 1.74. The molecule has 0 bridgehead atoms. The Morgan fingerprint density at radius 3 is 2.30 bits per heavy atom. The van der Waals surface area contributed by atoms with Crippen LogP contribution in [-0.2, 0) is 7.05 Å². The van der Waals surface area contributed by atoms with E-state index in [1.807, 2.05) is 114 Å². The fourth-order valence-corrected chi connectivity index (χ4v) is 5.58. The lowest BCUT2D eigenvalue weighted by molar-refractivity contribution is 0.630. The van der Waals surface area contributed by atoms with Crippen LogP contribution in [0, 0.1) is 6.92 Å². The molecule has 0 radical (unpaired) electrons. The lowest BCUT2D eigenvalue weighted by atomic mass is 10.1. The third-order valence-corrected chi connectivity index (χ3v) is 8.11. The number of thiazole rings is 1. The molecule has 186 valence electrons. The first-order chi connectivity index (χ1) is 17.8. The second-order valence-corrected chi connectivity index (χ2v) is 11.0. The van der Waals surface area contributed by atoms with Crippen LogP contribution in [0.1, 0.15) is 18.2 Å². The minimum absolute atomic E-state index is 0.179. The Kier molecular flexibility index (Phi) is 7.28. The molecule has 0 aliphatic carbocycles. The number of hydrogen-bond donors (Lipinski definition) is 0. The number of rotatable bonds is 5. The van der Waals surface area contributed by atoms with Gasteiger partial charge in [-0.15, -0.1) is 11.3 Å². The summed E-state index contributed by atoms with van der Waals surface area (Å²) >= 11 is 8.62. The van der Waals surface area contributed by atoms with Crippen molar-refractivity contribution in [3.05, 3.63) is 120 Å². The standard InChI is InChI=1S/C28H23Br2N5OS/c1-18(20-13-15-21(29)16-14-20)32-34-25(23-11-7-8-12-24(23)30)17-37-28(34)31-26-19(2)33(3)35(27(26)36)22-9-5-4-6-10-22/h4-17H,1-3H3. The summed E-state index contributed by atoms with van der Waals surface area (Å²) in [5.41, 5.74) is 5.45. The van der Waals surface area contributed by atoms with Gasteiger partial charge in [0.2, 0.25) is 4.80 Å². The topological polar surface area (TPSA) is 56.6 Å². The van der Waals surface area contributed by atoms with E-state index in [0.29, 0.717) is 10.5 Å². The maximum Gasteiger partial charge on any atom is 0.297 e. The van der Waals surface area contributed by atoms with Gasteiger partial charge in [-0.3, -0.25) is 9.48 Å². The first kappa shape index (κ1) is 25.4. The van der Waals surface area contributed by atoms with E-state index in [1.54, 1.807) is 4.68 Å². The van der Waals surface area contributed by atoms with Gasteiger partial charge in [-0.25, -0.2) is 14.4 Å². The van der Waals surface area contributed by atoms with Gasteiger partial charge in [0.25, 0.3) is 5.56 Å². The number of benzene rings is 3. The number of aromatic nitrogens is 3. The normalized spacial score (nSPS) is 12.4. The fraction of sp³-hybridized carbons (Fsp3) is 0.107. The summed E-state index contributed by atoms with van der Waals surface area (Å²) in [7, 11) is 1.87. The summed E-state index contributed by atoms with van der Waals surface area (Å²) in [6.45, 7) is 3.88. The zero-order valence-corrected chi connectivity index (χ0v) is 24.4. The zero-order chi connectivity index (χ0) is 26.1. The highest BCUT2D eigenvalue weighted by molar-refractivity contribution is 9.10. The Morgan fingerprint density at radius 2 is 1.59 bits per heavy atom. The average Bonchev–Trinajstić information content (AvgIpc) is 3.38. The van der Waals surface area contributed by atoms with Crippen LogP contribution in [0.2, 0.25) is 0 Å². The monoisotopic (exact) mass is 635 g/mol. The van der Waals surface area contributed by atoms with Gasteiger partial charge in [0.1, 0.15) is 0 Å². The van der Waals surface area contributed by atoms with Crippen molar-refractivity contribution >= 4 is 54.6 Å². The number of halogens is 2. The lowest BCUT2D eigenvalue weighted by Crippen LogP contribution is -2.20. The second-order valence-electron chi connectivity index (χ2n) is 8.41. The minimum Gasteiger partial charge on any atom is -0.283 e. The molecule has 0 aliphatic heterocycles. The highest BCUT2D eigenvalue weighted by Crippen LogP contribution is 2.29. The molecule has 0 unspecified atom stereocenters. The molecule has 2 heterocycles. The van der Waals surface area contributed by atoms with Crippen LogP contribution >= 0.6 is 43.2 Å². The average molecular weight is 637 g/mol. The Bertz CT molecular complexity index is 1740. The zero-order valence-electron chi connectivity index (χ0n) is 20.4. The molecule has 0 amide bonds. The van der Waals surface area contributed by atoms with Crippen molar-refractivity contribution in [2.45, 2.75) is 13.8 Å². The maximum atomic E-state index is 13.5. The predicted octanol–water partition coefficient (Wildman–Crippen LogP) is 7.04. The summed E-state index contributed by atoms with van der Waals surface area (Å²) in [5.74, 6) is 0. The van der Waals surface area contributed by atoms with Crippen LogP contribution < -0.4 is 10.4 Å². The quantitative estimate of drug-likeness (QED) is 0.191. The van der Waals surface area contributed by atoms with E-state index in [-0.39, 0.29) is 5.56 Å². The third-order valence-electron chi connectivity index (χ3n) is 6.08. The molecular formula is C28H23Br2N5OS. The van der Waals surface area contributed by atoms with Crippen molar-refractivity contribution in [1.29, 1.82) is 0 Å².